The van der Waals surface area contributed by atoms with Gasteiger partial charge in [0, 0.05) is 36.0 Å². The van der Waals surface area contributed by atoms with Crippen LogP contribution in [0.25, 0.3) is 11.1 Å². The van der Waals surface area contributed by atoms with Crippen LogP contribution in [-0.2, 0) is 24.4 Å². The number of amides is 1. The average Bonchev–Trinajstić information content (AvgIpc) is 3.45. The lowest BCUT2D eigenvalue weighted by Crippen LogP contribution is -2.30. The largest absolute Gasteiger partial charge is 0.496 e. The van der Waals surface area contributed by atoms with E-state index in [1.165, 1.54) is 22.8 Å². The molecule has 34 heavy (non-hydrogen) atoms. The van der Waals surface area contributed by atoms with Crippen LogP contribution in [0.15, 0.2) is 69.2 Å². The van der Waals surface area contributed by atoms with Crippen LogP contribution in [0, 0.1) is 10.1 Å². The summed E-state index contributed by atoms with van der Waals surface area (Å²) < 4.78 is 12.0. The minimum atomic E-state index is -0.604. The molecule has 0 unspecified atom stereocenters. The number of rotatable bonds is 10. The number of aryl methyl sites for hydroxylation is 1. The Morgan fingerprint density at radius 2 is 2.00 bits per heavy atom. The van der Waals surface area contributed by atoms with Gasteiger partial charge in [0.25, 0.3) is 5.69 Å². The van der Waals surface area contributed by atoms with E-state index in [-0.39, 0.29) is 30.1 Å². The van der Waals surface area contributed by atoms with Crippen molar-refractivity contribution in [3.8, 4) is 5.75 Å². The molecule has 0 saturated carbocycles. The molecule has 0 aliphatic carbocycles. The van der Waals surface area contributed by atoms with Gasteiger partial charge in [0.1, 0.15) is 5.75 Å². The number of thiophene rings is 1. The van der Waals surface area contributed by atoms with Gasteiger partial charge in [0.2, 0.25) is 5.91 Å². The van der Waals surface area contributed by atoms with E-state index in [2.05, 4.69) is 0 Å². The van der Waals surface area contributed by atoms with Gasteiger partial charge < -0.3 is 14.1 Å². The predicted octanol–water partition coefficient (Wildman–Crippen LogP) is 4.58. The third kappa shape index (κ3) is 5.18. The fraction of sp³-hybridized carbons (Fsp3) is 0.250. The molecule has 176 valence electrons. The zero-order chi connectivity index (χ0) is 24.1. The van der Waals surface area contributed by atoms with Crippen molar-refractivity contribution in [1.82, 2.24) is 9.47 Å². The van der Waals surface area contributed by atoms with Crippen molar-refractivity contribution in [2.45, 2.75) is 32.5 Å². The molecule has 0 bridgehead atoms. The molecule has 0 fully saturated rings. The molecule has 0 atom stereocenters. The maximum absolute atomic E-state index is 13.2. The highest BCUT2D eigenvalue weighted by Crippen LogP contribution is 2.23. The Hall–Kier alpha value is -3.92. The van der Waals surface area contributed by atoms with Crippen molar-refractivity contribution in [1.29, 1.82) is 0 Å². The van der Waals surface area contributed by atoms with Crippen molar-refractivity contribution in [2.24, 2.45) is 0 Å². The van der Waals surface area contributed by atoms with Crippen molar-refractivity contribution in [2.75, 3.05) is 7.11 Å². The van der Waals surface area contributed by atoms with E-state index in [4.69, 9.17) is 9.15 Å². The summed E-state index contributed by atoms with van der Waals surface area (Å²) in [5, 5.41) is 12.9. The molecule has 0 saturated heterocycles. The number of fused-ring (bicyclic) bond motifs is 1. The SMILES string of the molecule is COc1ccccc1CN(Cc1cccs1)C(=O)CCCn1c(=O)oc2cc([N+](=O)[O-])ccc21. The molecule has 9 nitrogen and oxygen atoms in total. The van der Waals surface area contributed by atoms with Gasteiger partial charge in [-0.25, -0.2) is 4.79 Å². The highest BCUT2D eigenvalue weighted by Gasteiger charge is 2.18. The fourth-order valence-electron chi connectivity index (χ4n) is 3.79. The summed E-state index contributed by atoms with van der Waals surface area (Å²) in [6.07, 6.45) is 0.643. The number of nitro benzene ring substituents is 1. The summed E-state index contributed by atoms with van der Waals surface area (Å²) in [6.45, 7) is 1.14. The number of methoxy groups -OCH3 is 1. The number of ether oxygens (including phenoxy) is 1. The third-order valence-electron chi connectivity index (χ3n) is 5.47. The third-order valence-corrected chi connectivity index (χ3v) is 6.33. The van der Waals surface area contributed by atoms with Crippen molar-refractivity contribution >= 4 is 34.0 Å². The van der Waals surface area contributed by atoms with Gasteiger partial charge in [0.05, 0.1) is 30.2 Å². The van der Waals surface area contributed by atoms with Crippen LogP contribution in [0.5, 0.6) is 5.75 Å². The fourth-order valence-corrected chi connectivity index (χ4v) is 4.51. The van der Waals surface area contributed by atoms with Gasteiger partial charge in [-0.3, -0.25) is 19.5 Å². The maximum Gasteiger partial charge on any atom is 0.419 e. The molecular formula is C24H23N3O6S. The minimum absolute atomic E-state index is 0.0456. The topological polar surface area (TPSA) is 108 Å². The highest BCUT2D eigenvalue weighted by molar-refractivity contribution is 7.09. The summed E-state index contributed by atoms with van der Waals surface area (Å²) in [7, 11) is 1.60. The number of hydrogen-bond donors (Lipinski definition) is 0. The number of benzene rings is 2. The van der Waals surface area contributed by atoms with Crippen molar-refractivity contribution in [3.63, 3.8) is 0 Å². The Bertz CT molecular complexity index is 1360. The lowest BCUT2D eigenvalue weighted by molar-refractivity contribution is -0.384. The monoisotopic (exact) mass is 481 g/mol. The Morgan fingerprint density at radius 1 is 1.18 bits per heavy atom. The summed E-state index contributed by atoms with van der Waals surface area (Å²) in [5.41, 5.74) is 1.38. The van der Waals surface area contributed by atoms with Crippen molar-refractivity contribution < 1.29 is 18.9 Å². The van der Waals surface area contributed by atoms with Crippen LogP contribution in [0.1, 0.15) is 23.3 Å². The lowest BCUT2D eigenvalue weighted by atomic mass is 10.1. The van der Waals surface area contributed by atoms with E-state index in [0.29, 0.717) is 25.0 Å². The zero-order valence-corrected chi connectivity index (χ0v) is 19.3. The molecule has 2 heterocycles. The second-order valence-electron chi connectivity index (χ2n) is 7.67. The van der Waals surface area contributed by atoms with Gasteiger partial charge in [-0.1, -0.05) is 24.3 Å². The molecule has 0 spiro atoms. The second-order valence-corrected chi connectivity index (χ2v) is 8.71. The number of para-hydroxylation sites is 1. The zero-order valence-electron chi connectivity index (χ0n) is 18.5. The van der Waals surface area contributed by atoms with E-state index in [0.717, 1.165) is 16.2 Å². The van der Waals surface area contributed by atoms with Crippen LogP contribution in [0.4, 0.5) is 5.69 Å². The number of carbonyl (C=O) groups excluding carboxylic acids is 1. The van der Waals surface area contributed by atoms with E-state index in [9.17, 15) is 19.7 Å². The number of aromatic nitrogens is 1. The summed E-state index contributed by atoms with van der Waals surface area (Å²) in [4.78, 5) is 38.7. The van der Waals surface area contributed by atoms with Gasteiger partial charge in [-0.2, -0.15) is 0 Å². The number of non-ortho nitro benzene ring substituents is 1. The molecule has 4 aromatic rings. The molecule has 2 aromatic carbocycles. The van der Waals surface area contributed by atoms with E-state index >= 15 is 0 Å². The van der Waals surface area contributed by atoms with Gasteiger partial charge in [-0.15, -0.1) is 11.3 Å². The lowest BCUT2D eigenvalue weighted by Gasteiger charge is -2.23. The Morgan fingerprint density at radius 3 is 2.74 bits per heavy atom. The summed E-state index contributed by atoms with van der Waals surface area (Å²) in [5.74, 6) is 0.0696. The first-order valence-electron chi connectivity index (χ1n) is 10.7. The Balaban J connectivity index is 1.47. The molecule has 10 heteroatoms. The molecule has 0 radical (unpaired) electrons. The maximum atomic E-state index is 13.2. The van der Waals surface area contributed by atoms with Crippen LogP contribution < -0.4 is 10.5 Å². The predicted molar refractivity (Wildman–Crippen MR) is 128 cm³/mol. The number of oxazole rings is 1. The minimum Gasteiger partial charge on any atom is -0.496 e. The smallest absolute Gasteiger partial charge is 0.419 e. The van der Waals surface area contributed by atoms with Crippen LogP contribution in [-0.4, -0.2) is 27.4 Å². The molecule has 4 rings (SSSR count). The van der Waals surface area contributed by atoms with Gasteiger partial charge >= 0.3 is 5.76 Å². The highest BCUT2D eigenvalue weighted by atomic mass is 32.1. The number of nitro groups is 1. The standard InChI is InChI=1S/C24H23N3O6S/c1-32-21-8-3-2-6-17(21)15-25(16-19-7-5-13-34-19)23(28)9-4-12-26-20-11-10-18(27(30)31)14-22(20)33-24(26)29/h2-3,5-8,10-11,13-14H,4,9,12,15-16H2,1H3. The molecule has 0 aliphatic rings. The van der Waals surface area contributed by atoms with Crippen molar-refractivity contribution in [3.05, 3.63) is 91.1 Å². The molecule has 0 aliphatic heterocycles. The first kappa shape index (κ1) is 23.2. The quantitative estimate of drug-likeness (QED) is 0.242. The van der Waals surface area contributed by atoms with Crippen LogP contribution >= 0.6 is 11.3 Å². The molecule has 1 amide bonds. The molecular weight excluding hydrogens is 458 g/mol. The van der Waals surface area contributed by atoms with Crippen LogP contribution in [0.3, 0.4) is 0 Å². The Labute approximate surface area is 198 Å². The van der Waals surface area contributed by atoms with Crippen LogP contribution in [0.2, 0.25) is 0 Å². The Kier molecular flexibility index (Phi) is 7.07. The normalized spacial score (nSPS) is 11.0. The molecule has 2 aromatic heterocycles. The van der Waals surface area contributed by atoms with E-state index < -0.39 is 10.7 Å². The number of hydrogen-bond acceptors (Lipinski definition) is 7. The molecule has 0 N–H and O–H groups in total. The summed E-state index contributed by atoms with van der Waals surface area (Å²) >= 11 is 1.59. The first-order valence-corrected chi connectivity index (χ1v) is 11.5. The van der Waals surface area contributed by atoms with E-state index in [1.54, 1.807) is 23.3 Å². The number of nitrogens with zero attached hydrogens (tertiary/aromatic N) is 3. The first-order chi connectivity index (χ1) is 16.5. The van der Waals surface area contributed by atoms with Gasteiger partial charge in [0.15, 0.2) is 5.58 Å². The van der Waals surface area contributed by atoms with Gasteiger partial charge in [-0.05, 0) is 30.0 Å². The second kappa shape index (κ2) is 10.3. The summed E-state index contributed by atoms with van der Waals surface area (Å²) in [6, 6.07) is 15.6. The average molecular weight is 482 g/mol. The van der Waals surface area contributed by atoms with E-state index in [1.807, 2.05) is 41.8 Å². The number of carbonyl (C=O) groups is 1.